The van der Waals surface area contributed by atoms with E-state index in [4.69, 9.17) is 0 Å². The standard InChI is InChI=1S/C10H15N3O3S/c1-10(2)9(14)12-5-6-13(10)17(15,16)8-3-4-11-7-8/h3-4,7,11H,5-6H2,1-2H3,(H,12,14). The van der Waals surface area contributed by atoms with E-state index in [9.17, 15) is 13.2 Å². The number of nitrogens with zero attached hydrogens (tertiary/aromatic N) is 1. The normalized spacial score (nSPS) is 21.2. The summed E-state index contributed by atoms with van der Waals surface area (Å²) in [7, 11) is -3.62. The van der Waals surface area contributed by atoms with Gasteiger partial charge in [0.05, 0.1) is 4.90 Å². The largest absolute Gasteiger partial charge is 0.366 e. The minimum absolute atomic E-state index is 0.181. The number of amides is 1. The van der Waals surface area contributed by atoms with Crippen molar-refractivity contribution in [1.29, 1.82) is 0 Å². The van der Waals surface area contributed by atoms with Crippen LogP contribution in [0.3, 0.4) is 0 Å². The van der Waals surface area contributed by atoms with Crippen LogP contribution in [-0.4, -0.2) is 42.2 Å². The molecule has 2 heterocycles. The third kappa shape index (κ3) is 1.85. The number of aromatic nitrogens is 1. The van der Waals surface area contributed by atoms with Gasteiger partial charge >= 0.3 is 0 Å². The van der Waals surface area contributed by atoms with Crippen LogP contribution in [0, 0.1) is 0 Å². The van der Waals surface area contributed by atoms with Crippen LogP contribution in [0.15, 0.2) is 23.4 Å². The Labute approximate surface area is 100 Å². The molecule has 0 aromatic carbocycles. The Morgan fingerprint density at radius 2 is 2.12 bits per heavy atom. The van der Waals surface area contributed by atoms with E-state index in [0.29, 0.717) is 6.54 Å². The summed E-state index contributed by atoms with van der Waals surface area (Å²) in [5, 5.41) is 2.67. The third-order valence-electron chi connectivity index (χ3n) is 2.94. The first kappa shape index (κ1) is 12.1. The van der Waals surface area contributed by atoms with E-state index in [1.807, 2.05) is 0 Å². The van der Waals surface area contributed by atoms with Crippen molar-refractivity contribution in [3.8, 4) is 0 Å². The van der Waals surface area contributed by atoms with Crippen LogP contribution in [0.2, 0.25) is 0 Å². The molecule has 7 heteroatoms. The average Bonchev–Trinajstić information content (AvgIpc) is 2.75. The Kier molecular flexibility index (Phi) is 2.75. The molecule has 1 fully saturated rings. The van der Waals surface area contributed by atoms with E-state index in [-0.39, 0.29) is 17.3 Å². The van der Waals surface area contributed by atoms with Gasteiger partial charge in [-0.25, -0.2) is 8.42 Å². The molecule has 1 aromatic heterocycles. The smallest absolute Gasteiger partial charge is 0.245 e. The molecule has 0 saturated carbocycles. The molecule has 0 bridgehead atoms. The highest BCUT2D eigenvalue weighted by Crippen LogP contribution is 2.26. The zero-order chi connectivity index (χ0) is 12.7. The van der Waals surface area contributed by atoms with Crippen LogP contribution in [0.5, 0.6) is 0 Å². The molecule has 1 aliphatic rings. The molecule has 6 nitrogen and oxygen atoms in total. The molecule has 0 atom stereocenters. The van der Waals surface area contributed by atoms with Crippen LogP contribution >= 0.6 is 0 Å². The molecule has 1 amide bonds. The van der Waals surface area contributed by atoms with E-state index in [1.54, 1.807) is 20.0 Å². The summed E-state index contributed by atoms with van der Waals surface area (Å²) in [5.74, 6) is -0.275. The molecule has 17 heavy (non-hydrogen) atoms. The number of aromatic amines is 1. The van der Waals surface area contributed by atoms with Crippen molar-refractivity contribution in [1.82, 2.24) is 14.6 Å². The van der Waals surface area contributed by atoms with Gasteiger partial charge in [-0.15, -0.1) is 0 Å². The second-order valence-electron chi connectivity index (χ2n) is 4.44. The lowest BCUT2D eigenvalue weighted by Gasteiger charge is -2.39. The van der Waals surface area contributed by atoms with Gasteiger partial charge in [0.25, 0.3) is 0 Å². The van der Waals surface area contributed by atoms with E-state index in [2.05, 4.69) is 10.3 Å². The SMILES string of the molecule is CC1(C)C(=O)NCCN1S(=O)(=O)c1cc[nH]c1. The minimum atomic E-state index is -3.62. The molecular weight excluding hydrogens is 242 g/mol. The first-order valence-electron chi connectivity index (χ1n) is 5.31. The Morgan fingerprint density at radius 1 is 1.41 bits per heavy atom. The summed E-state index contributed by atoms with van der Waals surface area (Å²) >= 11 is 0. The fraction of sp³-hybridized carbons (Fsp3) is 0.500. The molecule has 0 aliphatic carbocycles. The molecular formula is C10H15N3O3S. The average molecular weight is 257 g/mol. The van der Waals surface area contributed by atoms with Crippen molar-refractivity contribution in [3.63, 3.8) is 0 Å². The first-order chi connectivity index (χ1) is 7.87. The summed E-state index contributed by atoms with van der Waals surface area (Å²) in [6, 6.07) is 1.48. The van der Waals surface area contributed by atoms with Gasteiger partial charge in [-0.2, -0.15) is 4.31 Å². The minimum Gasteiger partial charge on any atom is -0.366 e. The number of carbonyl (C=O) groups excluding carboxylic acids is 1. The second kappa shape index (κ2) is 3.85. The summed E-state index contributed by atoms with van der Waals surface area (Å²) < 4.78 is 25.9. The number of hydrogen-bond donors (Lipinski definition) is 2. The predicted molar refractivity (Wildman–Crippen MR) is 61.8 cm³/mol. The maximum Gasteiger partial charge on any atom is 0.245 e. The Morgan fingerprint density at radius 3 is 2.71 bits per heavy atom. The van der Waals surface area contributed by atoms with Crippen molar-refractivity contribution < 1.29 is 13.2 Å². The van der Waals surface area contributed by atoms with Gasteiger partial charge in [-0.05, 0) is 19.9 Å². The van der Waals surface area contributed by atoms with Gasteiger partial charge in [0.2, 0.25) is 15.9 Å². The number of sulfonamides is 1. The Hall–Kier alpha value is -1.34. The molecule has 2 N–H and O–H groups in total. The van der Waals surface area contributed by atoms with Crippen LogP contribution in [0.25, 0.3) is 0 Å². The highest BCUT2D eigenvalue weighted by molar-refractivity contribution is 7.89. The van der Waals surface area contributed by atoms with Gasteiger partial charge in [-0.3, -0.25) is 4.79 Å². The van der Waals surface area contributed by atoms with Crippen molar-refractivity contribution in [2.24, 2.45) is 0 Å². The van der Waals surface area contributed by atoms with Crippen LogP contribution in [-0.2, 0) is 14.8 Å². The molecule has 0 unspecified atom stereocenters. The highest BCUT2D eigenvalue weighted by Gasteiger charge is 2.44. The van der Waals surface area contributed by atoms with Crippen LogP contribution in [0.1, 0.15) is 13.8 Å². The second-order valence-corrected chi connectivity index (χ2v) is 6.30. The topological polar surface area (TPSA) is 82.3 Å². The molecule has 0 radical (unpaired) electrons. The maximum absolute atomic E-state index is 12.3. The Bertz CT molecular complexity index is 519. The van der Waals surface area contributed by atoms with Crippen molar-refractivity contribution >= 4 is 15.9 Å². The summed E-state index contributed by atoms with van der Waals surface area (Å²) in [6.45, 7) is 3.83. The van der Waals surface area contributed by atoms with Gasteiger partial charge in [0.15, 0.2) is 0 Å². The number of H-pyrrole nitrogens is 1. The van der Waals surface area contributed by atoms with E-state index >= 15 is 0 Å². The molecule has 2 rings (SSSR count). The first-order valence-corrected chi connectivity index (χ1v) is 6.75. The molecule has 1 aliphatic heterocycles. The summed E-state index contributed by atoms with van der Waals surface area (Å²) in [6.07, 6.45) is 2.96. The zero-order valence-electron chi connectivity index (χ0n) is 9.73. The summed E-state index contributed by atoms with van der Waals surface area (Å²) in [4.78, 5) is 14.6. The fourth-order valence-corrected chi connectivity index (χ4v) is 3.62. The number of nitrogens with one attached hydrogen (secondary N) is 2. The lowest BCUT2D eigenvalue weighted by molar-refractivity contribution is -0.131. The fourth-order valence-electron chi connectivity index (χ4n) is 1.90. The van der Waals surface area contributed by atoms with E-state index < -0.39 is 15.6 Å². The lowest BCUT2D eigenvalue weighted by atomic mass is 10.0. The van der Waals surface area contributed by atoms with Gasteiger partial charge in [-0.1, -0.05) is 0 Å². The third-order valence-corrected chi connectivity index (χ3v) is 5.01. The zero-order valence-corrected chi connectivity index (χ0v) is 10.5. The van der Waals surface area contributed by atoms with Crippen molar-refractivity contribution in [3.05, 3.63) is 18.5 Å². The van der Waals surface area contributed by atoms with Crippen molar-refractivity contribution in [2.45, 2.75) is 24.3 Å². The van der Waals surface area contributed by atoms with Gasteiger partial charge < -0.3 is 10.3 Å². The number of piperazine rings is 1. The van der Waals surface area contributed by atoms with E-state index in [0.717, 1.165) is 0 Å². The quantitative estimate of drug-likeness (QED) is 0.777. The van der Waals surface area contributed by atoms with Gasteiger partial charge in [0.1, 0.15) is 5.54 Å². The predicted octanol–water partition coefficient (Wildman–Crippen LogP) is -0.0862. The maximum atomic E-state index is 12.3. The van der Waals surface area contributed by atoms with Crippen LogP contribution in [0.4, 0.5) is 0 Å². The van der Waals surface area contributed by atoms with Gasteiger partial charge in [0, 0.05) is 25.5 Å². The highest BCUT2D eigenvalue weighted by atomic mass is 32.2. The molecule has 0 spiro atoms. The number of hydrogen-bond acceptors (Lipinski definition) is 3. The van der Waals surface area contributed by atoms with Crippen LogP contribution < -0.4 is 5.32 Å². The monoisotopic (exact) mass is 257 g/mol. The molecule has 94 valence electrons. The number of rotatable bonds is 2. The van der Waals surface area contributed by atoms with Crippen molar-refractivity contribution in [2.75, 3.05) is 13.1 Å². The molecule has 1 aromatic rings. The molecule has 1 saturated heterocycles. The lowest BCUT2D eigenvalue weighted by Crippen LogP contribution is -2.63. The Balaban J connectivity index is 2.43. The summed E-state index contributed by atoms with van der Waals surface area (Å²) in [5.41, 5.74) is -1.06. The number of carbonyl (C=O) groups is 1. The van der Waals surface area contributed by atoms with E-state index in [1.165, 1.54) is 16.6 Å².